The zero-order chi connectivity index (χ0) is 11.0. The van der Waals surface area contributed by atoms with Crippen LogP contribution in [0, 0.1) is 0 Å². The van der Waals surface area contributed by atoms with Gasteiger partial charge in [-0.3, -0.25) is 4.98 Å². The molecule has 0 N–H and O–H groups in total. The minimum atomic E-state index is 0.479. The van der Waals surface area contributed by atoms with E-state index in [4.69, 9.17) is 0 Å². The van der Waals surface area contributed by atoms with E-state index in [0.29, 0.717) is 6.04 Å². The van der Waals surface area contributed by atoms with Crippen LogP contribution in [-0.2, 0) is 6.42 Å². The van der Waals surface area contributed by atoms with Crippen molar-refractivity contribution in [2.45, 2.75) is 32.2 Å². The van der Waals surface area contributed by atoms with Crippen LogP contribution in [0.5, 0.6) is 0 Å². The second-order valence-electron chi connectivity index (χ2n) is 4.27. The van der Waals surface area contributed by atoms with Crippen molar-refractivity contribution in [3.63, 3.8) is 0 Å². The van der Waals surface area contributed by atoms with E-state index >= 15 is 0 Å². The Bertz CT molecular complexity index is 489. The lowest BCUT2D eigenvalue weighted by molar-refractivity contribution is 0.389. The molecule has 0 aromatic carbocycles. The molecule has 2 aromatic heterocycles. The molecule has 82 valence electrons. The van der Waals surface area contributed by atoms with E-state index in [1.807, 2.05) is 12.1 Å². The predicted molar refractivity (Wildman–Crippen MR) is 60.9 cm³/mol. The van der Waals surface area contributed by atoms with Crippen molar-refractivity contribution in [3.05, 3.63) is 30.4 Å². The standard InChI is InChI=1S/C12H14N4/c1-9-3-2-4-11-14-12(15-16(9)11)10-5-7-13-8-6-10/h5-9H,2-4H2,1H3. The van der Waals surface area contributed by atoms with Crippen LogP contribution in [0.2, 0.25) is 0 Å². The maximum atomic E-state index is 4.60. The Morgan fingerprint density at radius 2 is 2.12 bits per heavy atom. The summed E-state index contributed by atoms with van der Waals surface area (Å²) in [5.41, 5.74) is 1.05. The molecule has 0 radical (unpaired) electrons. The first-order valence-electron chi connectivity index (χ1n) is 5.70. The smallest absolute Gasteiger partial charge is 0.181 e. The van der Waals surface area contributed by atoms with E-state index in [0.717, 1.165) is 23.6 Å². The molecule has 0 fully saturated rings. The molecule has 0 amide bonds. The van der Waals surface area contributed by atoms with Gasteiger partial charge in [0, 0.05) is 24.4 Å². The molecule has 0 spiro atoms. The van der Waals surface area contributed by atoms with Crippen LogP contribution in [0.4, 0.5) is 0 Å². The van der Waals surface area contributed by atoms with Crippen molar-refractivity contribution in [2.75, 3.05) is 0 Å². The molecule has 3 rings (SSSR count). The Hall–Kier alpha value is -1.71. The number of aryl methyl sites for hydroxylation is 1. The molecule has 0 saturated carbocycles. The second kappa shape index (κ2) is 3.70. The van der Waals surface area contributed by atoms with Gasteiger partial charge < -0.3 is 0 Å². The molecule has 2 aromatic rings. The summed E-state index contributed by atoms with van der Waals surface area (Å²) < 4.78 is 2.07. The highest BCUT2D eigenvalue weighted by atomic mass is 15.4. The van der Waals surface area contributed by atoms with Gasteiger partial charge in [-0.2, -0.15) is 5.10 Å². The number of rotatable bonds is 1. The molecule has 3 heterocycles. The quantitative estimate of drug-likeness (QED) is 0.731. The summed E-state index contributed by atoms with van der Waals surface area (Å²) in [4.78, 5) is 8.60. The summed E-state index contributed by atoms with van der Waals surface area (Å²) in [7, 11) is 0. The van der Waals surface area contributed by atoms with Crippen molar-refractivity contribution < 1.29 is 0 Å². The molecule has 1 atom stereocenters. The summed E-state index contributed by atoms with van der Waals surface area (Å²) in [5.74, 6) is 1.94. The molecule has 4 heteroatoms. The minimum absolute atomic E-state index is 0.479. The van der Waals surface area contributed by atoms with E-state index in [9.17, 15) is 0 Å². The van der Waals surface area contributed by atoms with Crippen LogP contribution in [0.25, 0.3) is 11.4 Å². The summed E-state index contributed by atoms with van der Waals surface area (Å²) in [6.45, 7) is 2.20. The summed E-state index contributed by atoms with van der Waals surface area (Å²) in [5, 5.41) is 4.58. The molecule has 1 unspecified atom stereocenters. The highest BCUT2D eigenvalue weighted by Crippen LogP contribution is 2.25. The van der Waals surface area contributed by atoms with Gasteiger partial charge in [0.1, 0.15) is 5.82 Å². The Kier molecular flexibility index (Phi) is 2.20. The van der Waals surface area contributed by atoms with Gasteiger partial charge in [-0.1, -0.05) is 0 Å². The summed E-state index contributed by atoms with van der Waals surface area (Å²) >= 11 is 0. The van der Waals surface area contributed by atoms with E-state index in [1.54, 1.807) is 12.4 Å². The molecule has 0 bridgehead atoms. The van der Waals surface area contributed by atoms with Crippen molar-refractivity contribution in [1.82, 2.24) is 19.7 Å². The van der Waals surface area contributed by atoms with Crippen molar-refractivity contribution in [1.29, 1.82) is 0 Å². The molecule has 0 aliphatic carbocycles. The van der Waals surface area contributed by atoms with Crippen LogP contribution in [0.1, 0.15) is 31.6 Å². The van der Waals surface area contributed by atoms with Gasteiger partial charge in [-0.05, 0) is 31.9 Å². The second-order valence-corrected chi connectivity index (χ2v) is 4.27. The highest BCUT2D eigenvalue weighted by molar-refractivity contribution is 5.53. The molecular weight excluding hydrogens is 200 g/mol. The molecular formula is C12H14N4. The fourth-order valence-electron chi connectivity index (χ4n) is 2.18. The van der Waals surface area contributed by atoms with E-state index in [1.165, 1.54) is 12.8 Å². The lowest BCUT2D eigenvalue weighted by Gasteiger charge is -2.18. The Morgan fingerprint density at radius 1 is 1.31 bits per heavy atom. The lowest BCUT2D eigenvalue weighted by Crippen LogP contribution is -2.16. The van der Waals surface area contributed by atoms with Gasteiger partial charge >= 0.3 is 0 Å². The average Bonchev–Trinajstić information content (AvgIpc) is 2.76. The van der Waals surface area contributed by atoms with Crippen LogP contribution >= 0.6 is 0 Å². The summed E-state index contributed by atoms with van der Waals surface area (Å²) in [6, 6.07) is 4.38. The third-order valence-corrected chi connectivity index (χ3v) is 3.08. The number of hydrogen-bond acceptors (Lipinski definition) is 3. The van der Waals surface area contributed by atoms with Crippen LogP contribution in [-0.4, -0.2) is 19.7 Å². The fourth-order valence-corrected chi connectivity index (χ4v) is 2.18. The zero-order valence-electron chi connectivity index (χ0n) is 9.30. The SMILES string of the molecule is CC1CCCc2nc(-c3ccncc3)nn21. The van der Waals surface area contributed by atoms with Crippen LogP contribution in [0.15, 0.2) is 24.5 Å². The third kappa shape index (κ3) is 1.50. The number of nitrogens with zero attached hydrogens (tertiary/aromatic N) is 4. The number of aromatic nitrogens is 4. The molecule has 4 nitrogen and oxygen atoms in total. The largest absolute Gasteiger partial charge is 0.265 e. The monoisotopic (exact) mass is 214 g/mol. The van der Waals surface area contributed by atoms with Gasteiger partial charge in [0.2, 0.25) is 0 Å². The van der Waals surface area contributed by atoms with Crippen LogP contribution in [0.3, 0.4) is 0 Å². The van der Waals surface area contributed by atoms with Gasteiger partial charge in [0.05, 0.1) is 6.04 Å². The molecule has 0 saturated heterocycles. The van der Waals surface area contributed by atoms with E-state index in [2.05, 4.69) is 26.7 Å². The lowest BCUT2D eigenvalue weighted by atomic mass is 10.1. The van der Waals surface area contributed by atoms with Gasteiger partial charge in [0.15, 0.2) is 5.82 Å². The van der Waals surface area contributed by atoms with Crippen molar-refractivity contribution in [3.8, 4) is 11.4 Å². The zero-order valence-corrected chi connectivity index (χ0v) is 9.30. The predicted octanol–water partition coefficient (Wildman–Crippen LogP) is 2.24. The van der Waals surface area contributed by atoms with Gasteiger partial charge in [0.25, 0.3) is 0 Å². The fraction of sp³-hybridized carbons (Fsp3) is 0.417. The minimum Gasteiger partial charge on any atom is -0.265 e. The number of hydrogen-bond donors (Lipinski definition) is 0. The summed E-state index contributed by atoms with van der Waals surface area (Å²) in [6.07, 6.45) is 7.02. The average molecular weight is 214 g/mol. The molecule has 1 aliphatic heterocycles. The third-order valence-electron chi connectivity index (χ3n) is 3.08. The Labute approximate surface area is 94.4 Å². The van der Waals surface area contributed by atoms with Crippen molar-refractivity contribution in [2.24, 2.45) is 0 Å². The molecule has 1 aliphatic rings. The van der Waals surface area contributed by atoms with Crippen LogP contribution < -0.4 is 0 Å². The van der Waals surface area contributed by atoms with E-state index < -0.39 is 0 Å². The number of fused-ring (bicyclic) bond motifs is 1. The van der Waals surface area contributed by atoms with Gasteiger partial charge in [-0.25, -0.2) is 9.67 Å². The Balaban J connectivity index is 2.05. The first-order chi connectivity index (χ1) is 7.84. The highest BCUT2D eigenvalue weighted by Gasteiger charge is 2.19. The normalized spacial score (nSPS) is 19.4. The van der Waals surface area contributed by atoms with Gasteiger partial charge in [-0.15, -0.1) is 0 Å². The molecule has 16 heavy (non-hydrogen) atoms. The first-order valence-corrected chi connectivity index (χ1v) is 5.70. The number of pyridine rings is 1. The maximum absolute atomic E-state index is 4.60. The van der Waals surface area contributed by atoms with E-state index in [-0.39, 0.29) is 0 Å². The first kappa shape index (κ1) is 9.51. The maximum Gasteiger partial charge on any atom is 0.181 e. The Morgan fingerprint density at radius 3 is 2.88 bits per heavy atom. The topological polar surface area (TPSA) is 43.6 Å². The van der Waals surface area contributed by atoms with Crippen molar-refractivity contribution >= 4 is 0 Å².